The van der Waals surface area contributed by atoms with Crippen molar-refractivity contribution in [2.24, 2.45) is 7.05 Å². The average Bonchev–Trinajstić information content (AvgIpc) is 3.46. The zero-order valence-electron chi connectivity index (χ0n) is 29.1. The predicted octanol–water partition coefficient (Wildman–Crippen LogP) is 8.19. The maximum Gasteiger partial charge on any atom is 0.264 e. The number of carbonyl (C=O) groups excluding carboxylic acids is 2. The molecule has 5 aromatic rings. The summed E-state index contributed by atoms with van der Waals surface area (Å²) in [7, 11) is 1.91. The molecule has 1 unspecified atom stereocenters. The first-order valence-electron chi connectivity index (χ1n) is 17.6. The Morgan fingerprint density at radius 1 is 0.863 bits per heavy atom. The fraction of sp³-hybridized carbons (Fsp3) is 0.286. The molecule has 7 rings (SSSR count). The van der Waals surface area contributed by atoms with Crippen LogP contribution in [0.1, 0.15) is 56.4 Å². The Morgan fingerprint density at radius 2 is 1.57 bits per heavy atom. The summed E-state index contributed by atoms with van der Waals surface area (Å²) in [5, 5.41) is 10.5. The van der Waals surface area contributed by atoms with Gasteiger partial charge in [0.05, 0.1) is 24.8 Å². The molecule has 1 saturated heterocycles. The van der Waals surface area contributed by atoms with Gasteiger partial charge in [-0.25, -0.2) is 0 Å². The van der Waals surface area contributed by atoms with Crippen LogP contribution in [0, 0.1) is 6.92 Å². The van der Waals surface area contributed by atoms with Crippen LogP contribution in [0.5, 0.6) is 5.75 Å². The second-order valence-electron chi connectivity index (χ2n) is 13.3. The van der Waals surface area contributed by atoms with Crippen molar-refractivity contribution < 1.29 is 19.4 Å². The molecule has 8 nitrogen and oxygen atoms in total. The number of halogens is 1. The van der Waals surface area contributed by atoms with E-state index in [0.29, 0.717) is 39.6 Å². The molecule has 3 heterocycles. The minimum absolute atomic E-state index is 0.0470. The van der Waals surface area contributed by atoms with Crippen molar-refractivity contribution in [2.75, 3.05) is 44.3 Å². The summed E-state index contributed by atoms with van der Waals surface area (Å²) in [5.74, 6) is -0.157. The van der Waals surface area contributed by atoms with Crippen LogP contribution in [0.25, 0.3) is 11.3 Å². The monoisotopic (exact) mass is 702 g/mol. The third-order valence-corrected chi connectivity index (χ3v) is 10.5. The number of phenols is 1. The Morgan fingerprint density at radius 3 is 2.33 bits per heavy atom. The average molecular weight is 703 g/mol. The number of carbonyl (C=O) groups is 2. The molecule has 0 aliphatic carbocycles. The zero-order valence-corrected chi connectivity index (χ0v) is 29.9. The van der Waals surface area contributed by atoms with Crippen molar-refractivity contribution in [3.05, 3.63) is 136 Å². The van der Waals surface area contributed by atoms with Gasteiger partial charge in [0.2, 0.25) is 0 Å². The second kappa shape index (κ2) is 15.2. The highest BCUT2D eigenvalue weighted by Gasteiger charge is 2.33. The van der Waals surface area contributed by atoms with Gasteiger partial charge in [0.15, 0.2) is 0 Å². The van der Waals surface area contributed by atoms with Crippen LogP contribution in [0.4, 0.5) is 11.4 Å². The third-order valence-electron chi connectivity index (χ3n) is 10.3. The summed E-state index contributed by atoms with van der Waals surface area (Å²) >= 11 is 6.64. The summed E-state index contributed by atoms with van der Waals surface area (Å²) < 4.78 is 7.51. The number of amides is 2. The van der Waals surface area contributed by atoms with Crippen LogP contribution in [0.15, 0.2) is 103 Å². The fourth-order valence-electron chi connectivity index (χ4n) is 7.47. The number of aromatic hydroxyl groups is 1. The standard InChI is InChI=1S/C42H43ClN4O4/c1-29-37(42(50)47(32-10-4-3-5-11-32)33-15-17-34(48)18-16-33)28-40(44(29)2)38-27-31(43)14-19-36(38)41(49)46-22-20-30-9-6-7-12-35(30)39(46)13-8-21-45-23-25-51-26-24-45/h3-7,9-12,14-19,27-28,39,48H,8,13,20-26H2,1-2H3. The molecule has 0 bridgehead atoms. The molecule has 9 heteroatoms. The lowest BCUT2D eigenvalue weighted by molar-refractivity contribution is 0.0355. The number of hydrogen-bond acceptors (Lipinski definition) is 5. The molecule has 1 aromatic heterocycles. The van der Waals surface area contributed by atoms with Crippen molar-refractivity contribution in [3.8, 4) is 17.0 Å². The molecule has 2 amide bonds. The number of phenolic OH excluding ortho intramolecular Hbond substituents is 1. The molecule has 262 valence electrons. The number of anilines is 2. The Hall–Kier alpha value is -4.89. The van der Waals surface area contributed by atoms with Crippen LogP contribution in [-0.4, -0.2) is 70.7 Å². The van der Waals surface area contributed by atoms with E-state index >= 15 is 0 Å². The number of hydrogen-bond donors (Lipinski definition) is 1. The molecular formula is C42H43ClN4O4. The summed E-state index contributed by atoms with van der Waals surface area (Å²) in [6.07, 6.45) is 2.62. The van der Waals surface area contributed by atoms with Gasteiger partial charge < -0.3 is 19.3 Å². The molecule has 0 radical (unpaired) electrons. The van der Waals surface area contributed by atoms with E-state index in [4.69, 9.17) is 16.3 Å². The Balaban J connectivity index is 1.23. The lowest BCUT2D eigenvalue weighted by Crippen LogP contribution is -2.41. The lowest BCUT2D eigenvalue weighted by atomic mass is 9.89. The minimum Gasteiger partial charge on any atom is -0.508 e. The Labute approximate surface area is 304 Å². The number of ether oxygens (including phenoxy) is 1. The van der Waals surface area contributed by atoms with E-state index < -0.39 is 0 Å². The first-order chi connectivity index (χ1) is 24.8. The number of morpholine rings is 1. The summed E-state index contributed by atoms with van der Waals surface area (Å²) in [6, 6.07) is 31.8. The van der Waals surface area contributed by atoms with Gasteiger partial charge in [0.1, 0.15) is 5.75 Å². The van der Waals surface area contributed by atoms with Gasteiger partial charge in [-0.15, -0.1) is 0 Å². The number of para-hydroxylation sites is 1. The summed E-state index contributed by atoms with van der Waals surface area (Å²) in [4.78, 5) is 35.4. The van der Waals surface area contributed by atoms with Gasteiger partial charge >= 0.3 is 0 Å². The maximum atomic E-state index is 14.8. The molecule has 0 saturated carbocycles. The molecule has 4 aromatic carbocycles. The predicted molar refractivity (Wildman–Crippen MR) is 202 cm³/mol. The van der Waals surface area contributed by atoms with E-state index in [1.165, 1.54) is 11.1 Å². The molecule has 1 N–H and O–H groups in total. The van der Waals surface area contributed by atoms with E-state index in [0.717, 1.165) is 63.5 Å². The van der Waals surface area contributed by atoms with E-state index in [1.54, 1.807) is 35.2 Å². The van der Waals surface area contributed by atoms with Crippen molar-refractivity contribution in [2.45, 2.75) is 32.2 Å². The highest BCUT2D eigenvalue weighted by Crippen LogP contribution is 2.38. The molecule has 2 aliphatic rings. The highest BCUT2D eigenvalue weighted by molar-refractivity contribution is 6.31. The van der Waals surface area contributed by atoms with Gasteiger partial charge in [-0.2, -0.15) is 0 Å². The number of nitrogens with zero attached hydrogens (tertiary/aromatic N) is 4. The number of aromatic nitrogens is 1. The van der Waals surface area contributed by atoms with Crippen molar-refractivity contribution in [1.82, 2.24) is 14.4 Å². The van der Waals surface area contributed by atoms with E-state index in [2.05, 4.69) is 29.2 Å². The van der Waals surface area contributed by atoms with E-state index in [9.17, 15) is 14.7 Å². The van der Waals surface area contributed by atoms with Gasteiger partial charge in [0, 0.05) is 65.6 Å². The minimum atomic E-state index is -0.228. The fourth-order valence-corrected chi connectivity index (χ4v) is 7.64. The quantitative estimate of drug-likeness (QED) is 0.168. The molecule has 0 spiro atoms. The van der Waals surface area contributed by atoms with E-state index in [-0.39, 0.29) is 23.6 Å². The van der Waals surface area contributed by atoms with Gasteiger partial charge in [-0.3, -0.25) is 19.4 Å². The van der Waals surface area contributed by atoms with Crippen molar-refractivity contribution in [3.63, 3.8) is 0 Å². The van der Waals surface area contributed by atoms with Crippen LogP contribution in [0.3, 0.4) is 0 Å². The van der Waals surface area contributed by atoms with Crippen LogP contribution in [-0.2, 0) is 18.2 Å². The molecule has 1 atom stereocenters. The van der Waals surface area contributed by atoms with Crippen molar-refractivity contribution >= 4 is 34.8 Å². The first-order valence-corrected chi connectivity index (χ1v) is 18.0. The topological polar surface area (TPSA) is 78.2 Å². The third kappa shape index (κ3) is 7.17. The normalized spacial score (nSPS) is 16.1. The number of rotatable bonds is 9. The van der Waals surface area contributed by atoms with Gasteiger partial charge in [0.25, 0.3) is 11.8 Å². The molecule has 2 aliphatic heterocycles. The SMILES string of the molecule is Cc1c(C(=O)N(c2ccccc2)c2ccc(O)cc2)cc(-c2cc(Cl)ccc2C(=O)N2CCc3ccccc3C2CCCN2CCOCC2)n1C. The summed E-state index contributed by atoms with van der Waals surface area (Å²) in [5.41, 5.74) is 7.03. The lowest BCUT2D eigenvalue weighted by Gasteiger charge is -2.38. The summed E-state index contributed by atoms with van der Waals surface area (Å²) in [6.45, 7) is 6.92. The molecular weight excluding hydrogens is 660 g/mol. The largest absolute Gasteiger partial charge is 0.508 e. The molecule has 51 heavy (non-hydrogen) atoms. The molecule has 1 fully saturated rings. The number of benzene rings is 4. The number of fused-ring (bicyclic) bond motifs is 1. The zero-order chi connectivity index (χ0) is 35.5. The first kappa shape index (κ1) is 34.6. The van der Waals surface area contributed by atoms with Gasteiger partial charge in [-0.1, -0.05) is 54.1 Å². The van der Waals surface area contributed by atoms with Crippen LogP contribution in [0.2, 0.25) is 5.02 Å². The second-order valence-corrected chi connectivity index (χ2v) is 13.8. The maximum absolute atomic E-state index is 14.8. The van der Waals surface area contributed by atoms with Gasteiger partial charge in [-0.05, 0) is 105 Å². The Bertz CT molecular complexity index is 2020. The smallest absolute Gasteiger partial charge is 0.264 e. The van der Waals surface area contributed by atoms with E-state index in [1.807, 2.05) is 72.0 Å². The highest BCUT2D eigenvalue weighted by atomic mass is 35.5. The van der Waals surface area contributed by atoms with Crippen molar-refractivity contribution in [1.29, 1.82) is 0 Å². The van der Waals surface area contributed by atoms with Crippen LogP contribution >= 0.6 is 11.6 Å². The van der Waals surface area contributed by atoms with Crippen LogP contribution < -0.4 is 4.90 Å². The Kier molecular flexibility index (Phi) is 10.3.